The van der Waals surface area contributed by atoms with Crippen molar-refractivity contribution in [2.75, 3.05) is 6.54 Å². The molecule has 0 aromatic heterocycles. The van der Waals surface area contributed by atoms with Crippen LogP contribution in [0.25, 0.3) is 0 Å². The zero-order valence-electron chi connectivity index (χ0n) is 11.2. The van der Waals surface area contributed by atoms with E-state index in [4.69, 9.17) is 23.2 Å². The van der Waals surface area contributed by atoms with E-state index in [-0.39, 0.29) is 4.90 Å². The van der Waals surface area contributed by atoms with Crippen molar-refractivity contribution in [1.82, 2.24) is 5.32 Å². The minimum atomic E-state index is -0.584. The molecule has 1 N–H and O–H groups in total. The van der Waals surface area contributed by atoms with Gasteiger partial charge in [0.25, 0.3) is 0 Å². The van der Waals surface area contributed by atoms with Crippen LogP contribution in [0.3, 0.4) is 0 Å². The van der Waals surface area contributed by atoms with Crippen LogP contribution in [0.2, 0.25) is 10.0 Å². The molecule has 21 heavy (non-hydrogen) atoms. The summed E-state index contributed by atoms with van der Waals surface area (Å²) in [5.41, 5.74) is 0.574. The van der Waals surface area contributed by atoms with Gasteiger partial charge in [0.05, 0.1) is 14.9 Å². The van der Waals surface area contributed by atoms with E-state index in [9.17, 15) is 8.78 Å². The normalized spacial score (nSPS) is 10.9. The summed E-state index contributed by atoms with van der Waals surface area (Å²) in [7, 11) is 0. The zero-order valence-corrected chi connectivity index (χ0v) is 13.5. The van der Waals surface area contributed by atoms with E-state index in [2.05, 4.69) is 5.32 Å². The lowest BCUT2D eigenvalue weighted by molar-refractivity contribution is 0.535. The smallest absolute Gasteiger partial charge is 0.140 e. The number of hydrogen-bond acceptors (Lipinski definition) is 2. The van der Waals surface area contributed by atoms with Gasteiger partial charge in [-0.2, -0.15) is 0 Å². The van der Waals surface area contributed by atoms with E-state index in [1.807, 2.05) is 6.92 Å². The first-order valence-corrected chi connectivity index (χ1v) is 7.90. The average molecular weight is 348 g/mol. The van der Waals surface area contributed by atoms with Gasteiger partial charge in [-0.15, -0.1) is 0 Å². The fraction of sp³-hybridized carbons (Fsp3) is 0.200. The van der Waals surface area contributed by atoms with Gasteiger partial charge in [-0.05, 0) is 42.4 Å². The summed E-state index contributed by atoms with van der Waals surface area (Å²) in [4.78, 5) is 0.579. The third-order valence-electron chi connectivity index (χ3n) is 2.75. The van der Waals surface area contributed by atoms with E-state index in [1.54, 1.807) is 18.2 Å². The maximum absolute atomic E-state index is 14.1. The third kappa shape index (κ3) is 4.33. The van der Waals surface area contributed by atoms with Crippen LogP contribution in [0.15, 0.2) is 40.1 Å². The molecule has 112 valence electrons. The van der Waals surface area contributed by atoms with Gasteiger partial charge in [0.15, 0.2) is 0 Å². The van der Waals surface area contributed by atoms with Crippen LogP contribution in [0.4, 0.5) is 8.78 Å². The molecule has 0 atom stereocenters. The number of hydrogen-bond donors (Lipinski definition) is 1. The Hall–Kier alpha value is -0.810. The topological polar surface area (TPSA) is 12.0 Å². The summed E-state index contributed by atoms with van der Waals surface area (Å²) in [5.74, 6) is -1.17. The summed E-state index contributed by atoms with van der Waals surface area (Å²) < 4.78 is 28.1. The summed E-state index contributed by atoms with van der Waals surface area (Å²) in [5, 5.41) is 3.79. The second-order valence-corrected chi connectivity index (χ2v) is 6.25. The Morgan fingerprint density at radius 3 is 2.29 bits per heavy atom. The molecule has 0 saturated carbocycles. The van der Waals surface area contributed by atoms with Crippen molar-refractivity contribution >= 4 is 35.0 Å². The molecule has 0 spiro atoms. The van der Waals surface area contributed by atoms with Gasteiger partial charge >= 0.3 is 0 Å². The van der Waals surface area contributed by atoms with Gasteiger partial charge < -0.3 is 5.32 Å². The molecule has 0 aliphatic heterocycles. The van der Waals surface area contributed by atoms with Crippen LogP contribution in [0.5, 0.6) is 0 Å². The fourth-order valence-electron chi connectivity index (χ4n) is 1.74. The molecule has 0 amide bonds. The Bertz CT molecular complexity index is 627. The molecule has 0 radical (unpaired) electrons. The molecule has 0 fully saturated rings. The molecule has 2 aromatic carbocycles. The van der Waals surface area contributed by atoms with E-state index in [0.717, 1.165) is 18.3 Å². The molecule has 6 heteroatoms. The molecule has 0 bridgehead atoms. The van der Waals surface area contributed by atoms with Gasteiger partial charge in [0.2, 0.25) is 0 Å². The number of rotatable bonds is 5. The lowest BCUT2D eigenvalue weighted by Crippen LogP contribution is -2.12. The molecule has 0 heterocycles. The third-order valence-corrected chi connectivity index (χ3v) is 4.57. The largest absolute Gasteiger partial charge is 0.313 e. The van der Waals surface area contributed by atoms with Crippen molar-refractivity contribution in [3.05, 3.63) is 57.6 Å². The van der Waals surface area contributed by atoms with Crippen LogP contribution in [0, 0.1) is 11.6 Å². The lowest BCUT2D eigenvalue weighted by atomic mass is 10.2. The lowest BCUT2D eigenvalue weighted by Gasteiger charge is -2.09. The first-order chi connectivity index (χ1) is 10.0. The van der Waals surface area contributed by atoms with Crippen molar-refractivity contribution < 1.29 is 8.78 Å². The van der Waals surface area contributed by atoms with Gasteiger partial charge in [-0.1, -0.05) is 41.9 Å². The van der Waals surface area contributed by atoms with Gasteiger partial charge in [-0.3, -0.25) is 0 Å². The Kier molecular flexibility index (Phi) is 5.88. The molecular weight excluding hydrogens is 335 g/mol. The van der Waals surface area contributed by atoms with E-state index in [0.29, 0.717) is 27.0 Å². The predicted octanol–water partition coefficient (Wildman–Crippen LogP) is 5.53. The van der Waals surface area contributed by atoms with Gasteiger partial charge in [0, 0.05) is 11.4 Å². The molecule has 0 aliphatic carbocycles. The Labute approximate surface area is 136 Å². The van der Waals surface area contributed by atoms with Crippen molar-refractivity contribution in [3.63, 3.8) is 0 Å². The van der Waals surface area contributed by atoms with Crippen LogP contribution in [-0.4, -0.2) is 6.54 Å². The SMILES string of the molecule is CCNCc1cc(F)c(Sc2ccc(Cl)c(Cl)c2)c(F)c1. The highest BCUT2D eigenvalue weighted by molar-refractivity contribution is 7.99. The van der Waals surface area contributed by atoms with Crippen molar-refractivity contribution in [2.45, 2.75) is 23.3 Å². The summed E-state index contributed by atoms with van der Waals surface area (Å²) in [6.07, 6.45) is 0. The molecule has 0 unspecified atom stereocenters. The zero-order chi connectivity index (χ0) is 15.4. The van der Waals surface area contributed by atoms with Crippen LogP contribution in [0.1, 0.15) is 12.5 Å². The van der Waals surface area contributed by atoms with Crippen molar-refractivity contribution in [1.29, 1.82) is 0 Å². The Morgan fingerprint density at radius 2 is 1.71 bits per heavy atom. The number of nitrogens with one attached hydrogen (secondary N) is 1. The van der Waals surface area contributed by atoms with Gasteiger partial charge in [0.1, 0.15) is 11.6 Å². The second kappa shape index (κ2) is 7.45. The fourth-order valence-corrected chi connectivity index (χ4v) is 2.96. The molecular formula is C15H13Cl2F2NS. The quantitative estimate of drug-likeness (QED) is 0.762. The van der Waals surface area contributed by atoms with E-state index in [1.165, 1.54) is 12.1 Å². The molecule has 2 aromatic rings. The second-order valence-electron chi connectivity index (χ2n) is 4.35. The Balaban J connectivity index is 2.25. The minimum Gasteiger partial charge on any atom is -0.313 e. The average Bonchev–Trinajstić information content (AvgIpc) is 2.44. The maximum Gasteiger partial charge on any atom is 0.140 e. The number of halogens is 4. The van der Waals surface area contributed by atoms with Crippen molar-refractivity contribution in [2.24, 2.45) is 0 Å². The molecule has 0 saturated heterocycles. The van der Waals surface area contributed by atoms with Crippen LogP contribution >= 0.6 is 35.0 Å². The predicted molar refractivity (Wildman–Crippen MR) is 84.3 cm³/mol. The summed E-state index contributed by atoms with van der Waals surface area (Å²) in [6, 6.07) is 7.53. The molecule has 1 nitrogen and oxygen atoms in total. The van der Waals surface area contributed by atoms with E-state index < -0.39 is 11.6 Å². The van der Waals surface area contributed by atoms with Crippen LogP contribution < -0.4 is 5.32 Å². The van der Waals surface area contributed by atoms with Crippen molar-refractivity contribution in [3.8, 4) is 0 Å². The number of benzene rings is 2. The highest BCUT2D eigenvalue weighted by atomic mass is 35.5. The molecule has 2 rings (SSSR count). The monoisotopic (exact) mass is 347 g/mol. The van der Waals surface area contributed by atoms with Crippen LogP contribution in [-0.2, 0) is 6.54 Å². The maximum atomic E-state index is 14.1. The summed E-state index contributed by atoms with van der Waals surface area (Å²) in [6.45, 7) is 3.10. The highest BCUT2D eigenvalue weighted by Gasteiger charge is 2.13. The minimum absolute atomic E-state index is 0.0476. The van der Waals surface area contributed by atoms with Gasteiger partial charge in [-0.25, -0.2) is 8.78 Å². The highest BCUT2D eigenvalue weighted by Crippen LogP contribution is 2.35. The first-order valence-electron chi connectivity index (χ1n) is 6.32. The standard InChI is InChI=1S/C15H13Cl2F2NS/c1-2-20-8-9-5-13(18)15(14(19)6-9)21-10-3-4-11(16)12(17)7-10/h3-7,20H,2,8H2,1H3. The Morgan fingerprint density at radius 1 is 1.05 bits per heavy atom. The van der Waals surface area contributed by atoms with E-state index >= 15 is 0 Å². The first kappa shape index (κ1) is 16.6. The molecule has 0 aliphatic rings. The summed E-state index contributed by atoms with van der Waals surface area (Å²) >= 11 is 12.7.